The summed E-state index contributed by atoms with van der Waals surface area (Å²) in [5.74, 6) is 0.651. The normalized spacial score (nSPS) is 21.8. The number of benzene rings is 1. The van der Waals surface area contributed by atoms with E-state index in [1.54, 1.807) is 11.8 Å². The highest BCUT2D eigenvalue weighted by atomic mass is 32.2. The van der Waals surface area contributed by atoms with E-state index in [0.717, 1.165) is 35.5 Å². The molecule has 0 heterocycles. The number of anilines is 1. The van der Waals surface area contributed by atoms with Gasteiger partial charge in [0.15, 0.2) is 0 Å². The highest BCUT2D eigenvalue weighted by molar-refractivity contribution is 7.98. The molecule has 0 atom stereocenters. The predicted octanol–water partition coefficient (Wildman–Crippen LogP) is 1.90. The summed E-state index contributed by atoms with van der Waals surface area (Å²) in [5, 5.41) is 17.1. The van der Waals surface area contributed by atoms with Gasteiger partial charge in [-0.05, 0) is 37.1 Å². The van der Waals surface area contributed by atoms with Crippen LogP contribution in [-0.2, 0) is 0 Å². The lowest BCUT2D eigenvalue weighted by Gasteiger charge is -2.36. The zero-order valence-corrected chi connectivity index (χ0v) is 12.2. The van der Waals surface area contributed by atoms with Crippen LogP contribution < -0.4 is 10.6 Å². The smallest absolute Gasteiger partial charge is 0.126 e. The minimum atomic E-state index is -0.122. The zero-order chi connectivity index (χ0) is 14.0. The maximum atomic E-state index is 9.35. The van der Waals surface area contributed by atoms with E-state index in [4.69, 9.17) is 11.1 Å². The summed E-state index contributed by atoms with van der Waals surface area (Å²) < 4.78 is 0. The van der Waals surface area contributed by atoms with Crippen molar-refractivity contribution in [1.29, 1.82) is 5.41 Å². The molecule has 19 heavy (non-hydrogen) atoms. The molecule has 4 N–H and O–H groups in total. The molecule has 0 saturated heterocycles. The molecule has 0 amide bonds. The van der Waals surface area contributed by atoms with Crippen LogP contribution in [0.1, 0.15) is 18.4 Å². The molecule has 4 nitrogen and oxygen atoms in total. The Morgan fingerprint density at radius 1 is 1.53 bits per heavy atom. The minimum Gasteiger partial charge on any atom is -0.393 e. The van der Waals surface area contributed by atoms with Crippen LogP contribution in [0.3, 0.4) is 0 Å². The molecule has 2 rings (SSSR count). The lowest BCUT2D eigenvalue weighted by Crippen LogP contribution is -2.37. The maximum absolute atomic E-state index is 9.35. The molecule has 104 valence electrons. The Morgan fingerprint density at radius 2 is 2.21 bits per heavy atom. The fourth-order valence-corrected chi connectivity index (χ4v) is 3.25. The SMILES string of the molecule is CSc1cccc(N(C)CC2CC(O)C2)c1C(=N)N. The number of nitrogen functional groups attached to an aromatic ring is 1. The molecule has 1 aromatic carbocycles. The predicted molar refractivity (Wildman–Crippen MR) is 81.2 cm³/mol. The number of nitrogens with zero attached hydrogens (tertiary/aromatic N) is 1. The van der Waals surface area contributed by atoms with Gasteiger partial charge in [-0.2, -0.15) is 0 Å². The number of aliphatic hydroxyl groups excluding tert-OH is 1. The first-order valence-electron chi connectivity index (χ1n) is 6.43. The van der Waals surface area contributed by atoms with Crippen molar-refractivity contribution >= 4 is 23.3 Å². The van der Waals surface area contributed by atoms with Gasteiger partial charge < -0.3 is 15.7 Å². The van der Waals surface area contributed by atoms with Crippen LogP contribution in [0.5, 0.6) is 0 Å². The number of rotatable bonds is 5. The third-order valence-corrected chi connectivity index (χ3v) is 4.43. The Balaban J connectivity index is 2.20. The molecule has 0 bridgehead atoms. The second kappa shape index (κ2) is 5.84. The molecule has 1 saturated carbocycles. The second-order valence-electron chi connectivity index (χ2n) is 5.14. The van der Waals surface area contributed by atoms with E-state index in [0.29, 0.717) is 5.92 Å². The van der Waals surface area contributed by atoms with Crippen molar-refractivity contribution in [3.63, 3.8) is 0 Å². The molecule has 0 aliphatic heterocycles. The molecule has 0 radical (unpaired) electrons. The summed E-state index contributed by atoms with van der Waals surface area (Å²) in [5.41, 5.74) is 7.55. The van der Waals surface area contributed by atoms with Crippen LogP contribution in [0.15, 0.2) is 23.1 Å². The standard InChI is InChI=1S/C14H21N3OS/c1-17(8-9-6-10(18)7-9)11-4-3-5-12(19-2)13(11)14(15)16/h3-5,9-10,18H,6-8H2,1-2H3,(H3,15,16). The topological polar surface area (TPSA) is 73.3 Å². The molecule has 1 aliphatic rings. The van der Waals surface area contributed by atoms with Crippen LogP contribution in [0.25, 0.3) is 0 Å². The molecule has 1 aliphatic carbocycles. The van der Waals surface area contributed by atoms with E-state index in [9.17, 15) is 5.11 Å². The summed E-state index contributed by atoms with van der Waals surface area (Å²) in [7, 11) is 2.02. The third kappa shape index (κ3) is 3.04. The van der Waals surface area contributed by atoms with Gasteiger partial charge in [0.25, 0.3) is 0 Å². The van der Waals surface area contributed by atoms with Gasteiger partial charge in [0.1, 0.15) is 5.84 Å². The molecule has 1 aromatic rings. The van der Waals surface area contributed by atoms with Crippen LogP contribution in [-0.4, -0.2) is 36.9 Å². The Morgan fingerprint density at radius 3 is 2.74 bits per heavy atom. The van der Waals surface area contributed by atoms with Crippen molar-refractivity contribution in [2.45, 2.75) is 23.8 Å². The first-order chi connectivity index (χ1) is 9.02. The first-order valence-corrected chi connectivity index (χ1v) is 7.66. The maximum Gasteiger partial charge on any atom is 0.126 e. The number of nitrogens with two attached hydrogens (primary N) is 1. The fraction of sp³-hybridized carbons (Fsp3) is 0.500. The second-order valence-corrected chi connectivity index (χ2v) is 5.99. The van der Waals surface area contributed by atoms with Gasteiger partial charge in [0.05, 0.1) is 11.7 Å². The van der Waals surface area contributed by atoms with Gasteiger partial charge in [-0.3, -0.25) is 5.41 Å². The lowest BCUT2D eigenvalue weighted by molar-refractivity contribution is 0.0465. The number of hydrogen-bond donors (Lipinski definition) is 3. The lowest BCUT2D eigenvalue weighted by atomic mass is 9.82. The molecule has 1 fully saturated rings. The van der Waals surface area contributed by atoms with Crippen molar-refractivity contribution in [2.75, 3.05) is 24.7 Å². The van der Waals surface area contributed by atoms with E-state index in [1.165, 1.54) is 0 Å². The van der Waals surface area contributed by atoms with Gasteiger partial charge in [0, 0.05) is 24.2 Å². The van der Waals surface area contributed by atoms with Crippen molar-refractivity contribution in [3.05, 3.63) is 23.8 Å². The van der Waals surface area contributed by atoms with Crippen LogP contribution in [0, 0.1) is 11.3 Å². The van der Waals surface area contributed by atoms with Gasteiger partial charge >= 0.3 is 0 Å². The van der Waals surface area contributed by atoms with Crippen molar-refractivity contribution < 1.29 is 5.11 Å². The Hall–Kier alpha value is -1.20. The zero-order valence-electron chi connectivity index (χ0n) is 11.4. The van der Waals surface area contributed by atoms with E-state index in [-0.39, 0.29) is 11.9 Å². The Kier molecular flexibility index (Phi) is 4.37. The van der Waals surface area contributed by atoms with Crippen LogP contribution in [0.4, 0.5) is 5.69 Å². The molecule has 5 heteroatoms. The minimum absolute atomic E-state index is 0.112. The van der Waals surface area contributed by atoms with E-state index >= 15 is 0 Å². The van der Waals surface area contributed by atoms with E-state index in [1.807, 2.05) is 31.5 Å². The average molecular weight is 279 g/mol. The quantitative estimate of drug-likeness (QED) is 0.437. The summed E-state index contributed by atoms with van der Waals surface area (Å²) in [4.78, 5) is 3.18. The van der Waals surface area contributed by atoms with E-state index in [2.05, 4.69) is 4.90 Å². The van der Waals surface area contributed by atoms with Crippen LogP contribution >= 0.6 is 11.8 Å². The summed E-state index contributed by atoms with van der Waals surface area (Å²) in [6.07, 6.45) is 3.63. The number of amidine groups is 1. The van der Waals surface area contributed by atoms with Gasteiger partial charge in [-0.1, -0.05) is 6.07 Å². The monoisotopic (exact) mass is 279 g/mol. The first kappa shape index (κ1) is 14.2. The molecule has 0 aromatic heterocycles. The third-order valence-electron chi connectivity index (χ3n) is 3.65. The summed E-state index contributed by atoms with van der Waals surface area (Å²) in [6, 6.07) is 6.00. The highest BCUT2D eigenvalue weighted by Gasteiger charge is 2.28. The highest BCUT2D eigenvalue weighted by Crippen LogP contribution is 2.32. The largest absolute Gasteiger partial charge is 0.393 e. The number of nitrogens with one attached hydrogen (secondary N) is 1. The molecule has 0 spiro atoms. The number of aliphatic hydroxyl groups is 1. The summed E-state index contributed by atoms with van der Waals surface area (Å²) in [6.45, 7) is 0.898. The Bertz CT molecular complexity index is 472. The van der Waals surface area contributed by atoms with Crippen molar-refractivity contribution in [3.8, 4) is 0 Å². The van der Waals surface area contributed by atoms with Crippen LogP contribution in [0.2, 0.25) is 0 Å². The van der Waals surface area contributed by atoms with Gasteiger partial charge in [-0.25, -0.2) is 0 Å². The Labute approximate surface area is 118 Å². The number of thioether (sulfide) groups is 1. The summed E-state index contributed by atoms with van der Waals surface area (Å²) >= 11 is 1.61. The molecular formula is C14H21N3OS. The van der Waals surface area contributed by atoms with E-state index < -0.39 is 0 Å². The van der Waals surface area contributed by atoms with Crippen molar-refractivity contribution in [1.82, 2.24) is 0 Å². The van der Waals surface area contributed by atoms with Crippen molar-refractivity contribution in [2.24, 2.45) is 11.7 Å². The average Bonchev–Trinajstić information content (AvgIpc) is 2.35. The van der Waals surface area contributed by atoms with Gasteiger partial charge in [-0.15, -0.1) is 11.8 Å². The fourth-order valence-electron chi connectivity index (χ4n) is 2.61. The molecule has 0 unspecified atom stereocenters. The number of hydrogen-bond acceptors (Lipinski definition) is 4. The molecular weight excluding hydrogens is 258 g/mol. The van der Waals surface area contributed by atoms with Gasteiger partial charge in [0.2, 0.25) is 0 Å².